The van der Waals surface area contributed by atoms with E-state index in [0.717, 1.165) is 42.6 Å². The summed E-state index contributed by atoms with van der Waals surface area (Å²) in [5.74, 6) is 1.77. The van der Waals surface area contributed by atoms with Crippen molar-refractivity contribution in [2.45, 2.75) is 30.5 Å². The Morgan fingerprint density at radius 1 is 1.18 bits per heavy atom. The van der Waals surface area contributed by atoms with Gasteiger partial charge in [0.15, 0.2) is 5.16 Å². The minimum atomic E-state index is -0.233. The second kappa shape index (κ2) is 8.34. The lowest BCUT2D eigenvalue weighted by Gasteiger charge is -2.36. The summed E-state index contributed by atoms with van der Waals surface area (Å²) >= 11 is 1.45. The van der Waals surface area contributed by atoms with E-state index in [0.29, 0.717) is 31.3 Å². The number of halogens is 1. The lowest BCUT2D eigenvalue weighted by molar-refractivity contribution is -0.128. The maximum absolute atomic E-state index is 13.1. The van der Waals surface area contributed by atoms with E-state index in [4.69, 9.17) is 0 Å². The average molecular weight is 402 g/mol. The Morgan fingerprint density at radius 2 is 1.89 bits per heavy atom. The first-order chi connectivity index (χ1) is 13.7. The molecule has 4 rings (SSSR count). The molecule has 0 unspecified atom stereocenters. The molecule has 2 aromatic rings. The van der Waals surface area contributed by atoms with Crippen LogP contribution in [0.4, 0.5) is 10.1 Å². The molecule has 1 saturated carbocycles. The zero-order chi connectivity index (χ0) is 19.5. The zero-order valence-electron chi connectivity index (χ0n) is 15.8. The molecule has 1 aliphatic carbocycles. The predicted octanol–water partition coefficient (Wildman–Crippen LogP) is 2.92. The molecule has 0 spiro atoms. The van der Waals surface area contributed by atoms with E-state index in [1.165, 1.54) is 23.9 Å². The third kappa shape index (κ3) is 4.22. The number of hydrogen-bond acceptors (Lipinski definition) is 5. The highest BCUT2D eigenvalue weighted by molar-refractivity contribution is 7.99. The Labute approximate surface area is 168 Å². The van der Waals surface area contributed by atoms with Gasteiger partial charge in [-0.25, -0.2) is 4.39 Å². The van der Waals surface area contributed by atoms with Crippen molar-refractivity contribution in [3.05, 3.63) is 48.6 Å². The Balaban J connectivity index is 1.30. The summed E-state index contributed by atoms with van der Waals surface area (Å²) in [6.45, 7) is 7.33. The van der Waals surface area contributed by atoms with Crippen molar-refractivity contribution in [2.75, 3.05) is 36.8 Å². The van der Waals surface area contributed by atoms with Crippen LogP contribution in [0.3, 0.4) is 0 Å². The van der Waals surface area contributed by atoms with Gasteiger partial charge in [0.05, 0.1) is 5.75 Å². The topological polar surface area (TPSA) is 54.3 Å². The van der Waals surface area contributed by atoms with E-state index >= 15 is 0 Å². The number of carbonyl (C=O) groups excluding carboxylic acids is 1. The van der Waals surface area contributed by atoms with E-state index in [2.05, 4.69) is 26.2 Å². The first-order valence-corrected chi connectivity index (χ1v) is 10.6. The monoisotopic (exact) mass is 401 g/mol. The van der Waals surface area contributed by atoms with Gasteiger partial charge in [0.2, 0.25) is 5.91 Å². The Bertz CT molecular complexity index is 841. The SMILES string of the molecule is C=CCn1c(SCC(=O)N2CCN(c3ccc(F)cc3)CC2)nnc1C1CC1. The van der Waals surface area contributed by atoms with Gasteiger partial charge >= 0.3 is 0 Å². The Morgan fingerprint density at radius 3 is 2.54 bits per heavy atom. The van der Waals surface area contributed by atoms with Crippen molar-refractivity contribution >= 4 is 23.4 Å². The minimum absolute atomic E-state index is 0.116. The quantitative estimate of drug-likeness (QED) is 0.527. The number of carbonyl (C=O) groups is 1. The third-order valence-electron chi connectivity index (χ3n) is 5.15. The lowest BCUT2D eigenvalue weighted by Crippen LogP contribution is -2.49. The summed E-state index contributed by atoms with van der Waals surface area (Å²) in [6.07, 6.45) is 4.17. The molecule has 2 heterocycles. The van der Waals surface area contributed by atoms with E-state index in [1.54, 1.807) is 12.1 Å². The molecule has 148 valence electrons. The van der Waals surface area contributed by atoms with Crippen LogP contribution in [-0.4, -0.2) is 57.5 Å². The van der Waals surface area contributed by atoms with Crippen molar-refractivity contribution in [3.8, 4) is 0 Å². The number of thioether (sulfide) groups is 1. The van der Waals surface area contributed by atoms with Gasteiger partial charge in [-0.15, -0.1) is 16.8 Å². The fourth-order valence-electron chi connectivity index (χ4n) is 3.43. The van der Waals surface area contributed by atoms with Crippen LogP contribution in [0.25, 0.3) is 0 Å². The number of amides is 1. The highest BCUT2D eigenvalue weighted by atomic mass is 32.2. The molecule has 1 saturated heterocycles. The van der Waals surface area contributed by atoms with Gasteiger partial charge in [0, 0.05) is 44.3 Å². The number of hydrogen-bond donors (Lipinski definition) is 0. The molecule has 2 fully saturated rings. The molecule has 28 heavy (non-hydrogen) atoms. The van der Waals surface area contributed by atoms with Crippen LogP contribution in [0.15, 0.2) is 42.1 Å². The van der Waals surface area contributed by atoms with Crippen LogP contribution in [0.5, 0.6) is 0 Å². The van der Waals surface area contributed by atoms with Crippen LogP contribution in [0.1, 0.15) is 24.6 Å². The Hall–Kier alpha value is -2.35. The number of benzene rings is 1. The van der Waals surface area contributed by atoms with Gasteiger partial charge in [0.25, 0.3) is 0 Å². The molecular formula is C20H24FN5OS. The molecule has 1 aromatic carbocycles. The number of nitrogens with zero attached hydrogens (tertiary/aromatic N) is 5. The molecule has 0 radical (unpaired) electrons. The maximum Gasteiger partial charge on any atom is 0.233 e. The summed E-state index contributed by atoms with van der Waals surface area (Å²) in [5.41, 5.74) is 0.994. The highest BCUT2D eigenvalue weighted by Gasteiger charge is 2.30. The molecule has 1 amide bonds. The molecule has 0 N–H and O–H groups in total. The van der Waals surface area contributed by atoms with Gasteiger partial charge < -0.3 is 14.4 Å². The van der Waals surface area contributed by atoms with Gasteiger partial charge in [-0.05, 0) is 37.1 Å². The first-order valence-electron chi connectivity index (χ1n) is 9.61. The fraction of sp³-hybridized carbons (Fsp3) is 0.450. The van der Waals surface area contributed by atoms with Crippen LogP contribution < -0.4 is 4.90 Å². The van der Waals surface area contributed by atoms with Crippen molar-refractivity contribution in [2.24, 2.45) is 0 Å². The van der Waals surface area contributed by atoms with Gasteiger partial charge in [-0.2, -0.15) is 0 Å². The second-order valence-corrected chi connectivity index (χ2v) is 8.09. The molecule has 0 bridgehead atoms. The summed E-state index contributed by atoms with van der Waals surface area (Å²) < 4.78 is 15.2. The van der Waals surface area contributed by atoms with Crippen LogP contribution >= 0.6 is 11.8 Å². The molecule has 1 aliphatic heterocycles. The van der Waals surface area contributed by atoms with E-state index in [9.17, 15) is 9.18 Å². The Kier molecular flexibility index (Phi) is 5.66. The van der Waals surface area contributed by atoms with E-state index < -0.39 is 0 Å². The fourth-order valence-corrected chi connectivity index (χ4v) is 4.29. The van der Waals surface area contributed by atoms with Crippen molar-refractivity contribution in [1.29, 1.82) is 0 Å². The number of piperazine rings is 1. The number of anilines is 1. The normalized spacial score (nSPS) is 17.0. The molecule has 6 nitrogen and oxygen atoms in total. The first kappa shape index (κ1) is 19.0. The molecule has 1 aromatic heterocycles. The largest absolute Gasteiger partial charge is 0.368 e. The smallest absolute Gasteiger partial charge is 0.233 e. The molecule has 0 atom stereocenters. The summed E-state index contributed by atoms with van der Waals surface area (Å²) in [4.78, 5) is 16.7. The van der Waals surface area contributed by atoms with Crippen molar-refractivity contribution in [1.82, 2.24) is 19.7 Å². The highest BCUT2D eigenvalue weighted by Crippen LogP contribution is 2.40. The van der Waals surface area contributed by atoms with E-state index in [1.807, 2.05) is 11.0 Å². The van der Waals surface area contributed by atoms with Crippen LogP contribution in [0, 0.1) is 5.82 Å². The van der Waals surface area contributed by atoms with Crippen LogP contribution in [0.2, 0.25) is 0 Å². The third-order valence-corrected chi connectivity index (χ3v) is 6.10. The van der Waals surface area contributed by atoms with E-state index in [-0.39, 0.29) is 11.7 Å². The summed E-state index contributed by atoms with van der Waals surface area (Å²) in [5, 5.41) is 9.41. The van der Waals surface area contributed by atoms with Gasteiger partial charge in [-0.3, -0.25) is 4.79 Å². The number of allylic oxidation sites excluding steroid dienone is 1. The minimum Gasteiger partial charge on any atom is -0.368 e. The number of aromatic nitrogens is 3. The van der Waals surface area contributed by atoms with Crippen LogP contribution in [-0.2, 0) is 11.3 Å². The molecule has 8 heteroatoms. The standard InChI is InChI=1S/C20H24FN5OS/c1-2-9-26-19(15-3-4-15)22-23-20(26)28-14-18(27)25-12-10-24(11-13-25)17-7-5-16(21)6-8-17/h2,5-8,15H,1,3-4,9-14H2. The maximum atomic E-state index is 13.1. The lowest BCUT2D eigenvalue weighted by atomic mass is 10.2. The average Bonchev–Trinajstić information content (AvgIpc) is 3.49. The number of rotatable bonds is 7. The summed E-state index contributed by atoms with van der Waals surface area (Å²) in [6, 6.07) is 6.51. The molecule has 2 aliphatic rings. The van der Waals surface area contributed by atoms with Gasteiger partial charge in [-0.1, -0.05) is 17.8 Å². The zero-order valence-corrected chi connectivity index (χ0v) is 16.6. The van der Waals surface area contributed by atoms with Gasteiger partial charge in [0.1, 0.15) is 11.6 Å². The van der Waals surface area contributed by atoms with Crippen molar-refractivity contribution < 1.29 is 9.18 Å². The summed E-state index contributed by atoms with van der Waals surface area (Å²) in [7, 11) is 0. The molecular weight excluding hydrogens is 377 g/mol. The van der Waals surface area contributed by atoms with Crippen molar-refractivity contribution in [3.63, 3.8) is 0 Å². The predicted molar refractivity (Wildman–Crippen MR) is 108 cm³/mol. The second-order valence-electron chi connectivity index (χ2n) is 7.15.